The van der Waals surface area contributed by atoms with Gasteiger partial charge in [0.1, 0.15) is 0 Å². The molecule has 33 heavy (non-hydrogen) atoms. The van der Waals surface area contributed by atoms with Gasteiger partial charge in [-0.15, -0.1) is 0 Å². The molecular weight excluding hydrogens is 444 g/mol. The Hall–Kier alpha value is -4.31. The van der Waals surface area contributed by atoms with Crippen molar-refractivity contribution < 1.29 is 19.2 Å². The maximum absolute atomic E-state index is 13.2. The van der Waals surface area contributed by atoms with Crippen LogP contribution < -0.4 is 14.4 Å². The van der Waals surface area contributed by atoms with Crippen LogP contribution in [0.15, 0.2) is 66.9 Å². The fourth-order valence-electron chi connectivity index (χ4n) is 3.30. The summed E-state index contributed by atoms with van der Waals surface area (Å²) in [6.07, 6.45) is 4.80. The second kappa shape index (κ2) is 8.67. The average Bonchev–Trinajstić information content (AvgIpc) is 3.47. The Labute approximate surface area is 191 Å². The number of thiazole rings is 1. The molecule has 0 saturated carbocycles. The zero-order valence-electron chi connectivity index (χ0n) is 17.1. The van der Waals surface area contributed by atoms with Gasteiger partial charge in [-0.1, -0.05) is 23.5 Å². The first-order valence-corrected chi connectivity index (χ1v) is 10.7. The van der Waals surface area contributed by atoms with Crippen molar-refractivity contribution in [2.24, 2.45) is 0 Å². The number of rotatable bonds is 6. The van der Waals surface area contributed by atoms with Gasteiger partial charge in [0.15, 0.2) is 16.6 Å². The summed E-state index contributed by atoms with van der Waals surface area (Å²) in [5.41, 5.74) is 2.03. The van der Waals surface area contributed by atoms with Crippen LogP contribution in [-0.2, 0) is 11.3 Å². The molecule has 5 rings (SSSR count). The molecule has 4 aromatic rings. The van der Waals surface area contributed by atoms with Gasteiger partial charge in [0, 0.05) is 24.4 Å². The smallest absolute Gasteiger partial charge is 0.270 e. The van der Waals surface area contributed by atoms with Crippen LogP contribution in [0.2, 0.25) is 0 Å². The summed E-state index contributed by atoms with van der Waals surface area (Å²) in [7, 11) is 0. The maximum Gasteiger partial charge on any atom is 0.270 e. The van der Waals surface area contributed by atoms with Crippen molar-refractivity contribution in [3.05, 3.63) is 88.2 Å². The Bertz CT molecular complexity index is 1390. The first-order valence-electron chi connectivity index (χ1n) is 9.91. The Morgan fingerprint density at radius 2 is 2.03 bits per heavy atom. The van der Waals surface area contributed by atoms with Crippen LogP contribution in [0.3, 0.4) is 0 Å². The Morgan fingerprint density at radius 1 is 1.15 bits per heavy atom. The van der Waals surface area contributed by atoms with Crippen molar-refractivity contribution in [3.8, 4) is 11.5 Å². The topological polar surface area (TPSA) is 108 Å². The largest absolute Gasteiger partial charge is 0.454 e. The summed E-state index contributed by atoms with van der Waals surface area (Å²) < 4.78 is 11.3. The van der Waals surface area contributed by atoms with E-state index in [1.165, 1.54) is 34.4 Å². The third-order valence-electron chi connectivity index (χ3n) is 4.93. The number of aromatic nitrogens is 2. The number of nitro groups is 1. The quantitative estimate of drug-likeness (QED) is 0.235. The Morgan fingerprint density at radius 3 is 2.85 bits per heavy atom. The number of non-ortho nitro benzene ring substituents is 1. The minimum Gasteiger partial charge on any atom is -0.454 e. The van der Waals surface area contributed by atoms with E-state index in [4.69, 9.17) is 9.47 Å². The Balaban J connectivity index is 1.47. The zero-order valence-corrected chi connectivity index (χ0v) is 17.9. The van der Waals surface area contributed by atoms with Crippen molar-refractivity contribution in [2.45, 2.75) is 6.54 Å². The van der Waals surface area contributed by atoms with Gasteiger partial charge in [-0.2, -0.15) is 0 Å². The van der Waals surface area contributed by atoms with Crippen molar-refractivity contribution in [1.82, 2.24) is 9.97 Å². The highest BCUT2D eigenvalue weighted by molar-refractivity contribution is 7.22. The molecule has 0 atom stereocenters. The number of hydrogen-bond donors (Lipinski definition) is 0. The minimum atomic E-state index is -0.455. The third kappa shape index (κ3) is 4.37. The molecule has 1 amide bonds. The van der Waals surface area contributed by atoms with Gasteiger partial charge in [0.25, 0.3) is 11.6 Å². The predicted molar refractivity (Wildman–Crippen MR) is 123 cm³/mol. The second-order valence-corrected chi connectivity index (χ2v) is 8.11. The first kappa shape index (κ1) is 20.6. The van der Waals surface area contributed by atoms with E-state index in [1.54, 1.807) is 36.5 Å². The highest BCUT2D eigenvalue weighted by Crippen LogP contribution is 2.34. The molecule has 3 heterocycles. The monoisotopic (exact) mass is 460 g/mol. The molecule has 2 aromatic carbocycles. The summed E-state index contributed by atoms with van der Waals surface area (Å²) in [4.78, 5) is 34.2. The van der Waals surface area contributed by atoms with Gasteiger partial charge >= 0.3 is 0 Å². The summed E-state index contributed by atoms with van der Waals surface area (Å²) in [6.45, 7) is 0.377. The van der Waals surface area contributed by atoms with Crippen molar-refractivity contribution in [2.75, 3.05) is 11.7 Å². The lowest BCUT2D eigenvalue weighted by Crippen LogP contribution is -2.29. The van der Waals surface area contributed by atoms with Gasteiger partial charge in [-0.05, 0) is 42.0 Å². The molecule has 0 N–H and O–H groups in total. The van der Waals surface area contributed by atoms with Gasteiger partial charge in [-0.25, -0.2) is 4.98 Å². The van der Waals surface area contributed by atoms with Crippen molar-refractivity contribution in [3.63, 3.8) is 0 Å². The predicted octanol–water partition coefficient (Wildman–Crippen LogP) is 4.57. The molecule has 0 spiro atoms. The summed E-state index contributed by atoms with van der Waals surface area (Å²) in [5.74, 6) is 0.994. The summed E-state index contributed by atoms with van der Waals surface area (Å²) in [5, 5.41) is 11.5. The highest BCUT2D eigenvalue weighted by atomic mass is 32.1. The van der Waals surface area contributed by atoms with E-state index in [2.05, 4.69) is 9.97 Å². The highest BCUT2D eigenvalue weighted by Gasteiger charge is 2.20. The lowest BCUT2D eigenvalue weighted by atomic mass is 10.2. The number of carbonyl (C=O) groups excluding carboxylic acids is 1. The van der Waals surface area contributed by atoms with E-state index in [-0.39, 0.29) is 24.9 Å². The molecule has 9 nitrogen and oxygen atoms in total. The van der Waals surface area contributed by atoms with Crippen molar-refractivity contribution in [1.29, 1.82) is 0 Å². The van der Waals surface area contributed by atoms with Crippen LogP contribution in [-0.4, -0.2) is 27.6 Å². The number of hydrogen-bond acceptors (Lipinski definition) is 8. The molecular formula is C23H16N4O5S. The maximum atomic E-state index is 13.2. The minimum absolute atomic E-state index is 0.0250. The lowest BCUT2D eigenvalue weighted by molar-refractivity contribution is -0.384. The van der Waals surface area contributed by atoms with Gasteiger partial charge in [0.2, 0.25) is 6.79 Å². The lowest BCUT2D eigenvalue weighted by Gasteiger charge is -2.17. The normalized spacial score (nSPS) is 12.4. The molecule has 0 fully saturated rings. The van der Waals surface area contributed by atoms with Crippen LogP contribution in [0.1, 0.15) is 11.3 Å². The number of anilines is 1. The van der Waals surface area contributed by atoms with E-state index in [0.717, 1.165) is 5.56 Å². The van der Waals surface area contributed by atoms with E-state index < -0.39 is 4.92 Å². The fraction of sp³-hybridized carbons (Fsp3) is 0.0870. The van der Waals surface area contributed by atoms with E-state index in [9.17, 15) is 14.9 Å². The molecule has 164 valence electrons. The number of benzene rings is 2. The molecule has 1 aliphatic heterocycles. The van der Waals surface area contributed by atoms with E-state index >= 15 is 0 Å². The van der Waals surface area contributed by atoms with Gasteiger partial charge in [-0.3, -0.25) is 24.8 Å². The molecule has 2 aromatic heterocycles. The van der Waals surface area contributed by atoms with Crippen LogP contribution in [0.5, 0.6) is 11.5 Å². The van der Waals surface area contributed by atoms with Gasteiger partial charge in [0.05, 0.1) is 27.4 Å². The molecule has 10 heteroatoms. The molecule has 0 radical (unpaired) electrons. The fourth-order valence-corrected chi connectivity index (χ4v) is 4.30. The standard InChI is InChI=1S/C23H16N4O5S/c28-22(9-5-15-4-8-19-20(11-15)32-14-31-19)26(13-16-3-1-2-10-24-16)23-25-18-7-6-17(27(29)30)12-21(18)33-23/h1-12H,13-14H2/b9-5+. The van der Waals surface area contributed by atoms with Gasteiger partial charge < -0.3 is 9.47 Å². The van der Waals surface area contributed by atoms with E-state index in [1.807, 2.05) is 18.2 Å². The molecule has 0 saturated heterocycles. The third-order valence-corrected chi connectivity index (χ3v) is 5.97. The molecule has 0 bridgehead atoms. The number of ether oxygens (including phenoxy) is 2. The molecule has 0 unspecified atom stereocenters. The summed E-state index contributed by atoms with van der Waals surface area (Å²) in [6, 6.07) is 15.3. The number of pyridine rings is 1. The van der Waals surface area contributed by atoms with Crippen LogP contribution in [0, 0.1) is 10.1 Å². The van der Waals surface area contributed by atoms with Crippen LogP contribution >= 0.6 is 11.3 Å². The van der Waals surface area contributed by atoms with Crippen LogP contribution in [0.25, 0.3) is 16.3 Å². The molecule has 0 aliphatic carbocycles. The SMILES string of the molecule is O=C(/C=C/c1ccc2c(c1)OCO2)N(Cc1ccccn1)c1nc2ccc([N+](=O)[O-])cc2s1. The first-order chi connectivity index (χ1) is 16.1. The van der Waals surface area contributed by atoms with Crippen LogP contribution in [0.4, 0.5) is 10.8 Å². The number of carbonyl (C=O) groups is 1. The van der Waals surface area contributed by atoms with E-state index in [0.29, 0.717) is 32.5 Å². The summed E-state index contributed by atoms with van der Waals surface area (Å²) >= 11 is 1.21. The number of nitrogens with zero attached hydrogens (tertiary/aromatic N) is 4. The zero-order chi connectivity index (χ0) is 22.8. The molecule has 1 aliphatic rings. The number of nitro benzene ring substituents is 1. The van der Waals surface area contributed by atoms with Crippen molar-refractivity contribution >= 4 is 44.4 Å². The Kier molecular flexibility index (Phi) is 5.41. The second-order valence-electron chi connectivity index (χ2n) is 7.10. The number of fused-ring (bicyclic) bond motifs is 2. The number of amides is 1. The average molecular weight is 460 g/mol.